The zero-order chi connectivity index (χ0) is 46.9. The number of ether oxygens (including phenoxy) is 2. The third kappa shape index (κ3) is 23.6. The average molecular weight is 901 g/mol. The van der Waals surface area contributed by atoms with Gasteiger partial charge >= 0.3 is 11.9 Å². The molecule has 0 saturated heterocycles. The van der Waals surface area contributed by atoms with Crippen LogP contribution in [0, 0.1) is 5.92 Å². The summed E-state index contributed by atoms with van der Waals surface area (Å²) in [5.74, 6) is -2.38. The van der Waals surface area contributed by atoms with E-state index < -0.39 is 29.9 Å². The van der Waals surface area contributed by atoms with E-state index in [-0.39, 0.29) is 62.9 Å². The van der Waals surface area contributed by atoms with E-state index in [2.05, 4.69) is 41.8 Å². The third-order valence-corrected chi connectivity index (χ3v) is 12.1. The monoisotopic (exact) mass is 901 g/mol. The minimum atomic E-state index is -1.23. The van der Waals surface area contributed by atoms with Gasteiger partial charge in [-0.1, -0.05) is 205 Å². The highest BCUT2D eigenvalue weighted by Crippen LogP contribution is 2.22. The molecule has 4 rings (SSSR count). The van der Waals surface area contributed by atoms with E-state index in [9.17, 15) is 24.0 Å². The van der Waals surface area contributed by atoms with Crippen LogP contribution in [0.4, 0.5) is 0 Å². The Bertz CT molecular complexity index is 1940. The van der Waals surface area contributed by atoms with E-state index in [4.69, 9.17) is 9.47 Å². The predicted octanol–water partition coefficient (Wildman–Crippen LogP) is 11.9. The number of benzene rings is 4. The molecule has 0 bridgehead atoms. The molecular weight excluding hydrogens is 825 g/mol. The maximum absolute atomic E-state index is 14.3. The molecule has 356 valence electrons. The number of amides is 2. The summed E-state index contributed by atoms with van der Waals surface area (Å²) in [6.07, 6.45) is 18.7. The summed E-state index contributed by atoms with van der Waals surface area (Å²) in [6, 6.07) is 36.4. The van der Waals surface area contributed by atoms with Gasteiger partial charge in [-0.25, -0.2) is 4.79 Å². The van der Waals surface area contributed by atoms with Crippen LogP contribution in [-0.2, 0) is 59.5 Å². The van der Waals surface area contributed by atoms with Crippen molar-refractivity contribution in [3.05, 3.63) is 144 Å². The van der Waals surface area contributed by atoms with Crippen molar-refractivity contribution in [2.45, 2.75) is 173 Å². The number of hydrogen-bond acceptors (Lipinski definition) is 7. The summed E-state index contributed by atoms with van der Waals surface area (Å²) >= 11 is 0. The first kappa shape index (κ1) is 53.0. The summed E-state index contributed by atoms with van der Waals surface area (Å²) in [5, 5.41) is 5.64. The van der Waals surface area contributed by atoms with Crippen LogP contribution in [-0.4, -0.2) is 41.6 Å². The molecule has 4 aromatic carbocycles. The summed E-state index contributed by atoms with van der Waals surface area (Å²) in [6.45, 7) is 2.28. The first-order valence-electron chi connectivity index (χ1n) is 24.9. The van der Waals surface area contributed by atoms with Gasteiger partial charge in [0.15, 0.2) is 0 Å². The molecule has 0 spiro atoms. The number of carbonyl (C=O) groups is 5. The lowest BCUT2D eigenvalue weighted by atomic mass is 9.87. The van der Waals surface area contributed by atoms with Crippen LogP contribution in [0.25, 0.3) is 0 Å². The van der Waals surface area contributed by atoms with Crippen molar-refractivity contribution in [3.63, 3.8) is 0 Å². The molecule has 0 aliphatic rings. The van der Waals surface area contributed by atoms with Crippen molar-refractivity contribution in [3.8, 4) is 0 Å². The van der Waals surface area contributed by atoms with Gasteiger partial charge in [0.1, 0.15) is 31.1 Å². The summed E-state index contributed by atoms with van der Waals surface area (Å²) < 4.78 is 11.1. The van der Waals surface area contributed by atoms with Crippen molar-refractivity contribution in [2.75, 3.05) is 0 Å². The van der Waals surface area contributed by atoms with Gasteiger partial charge in [0.05, 0.1) is 0 Å². The number of unbranched alkanes of at least 4 members (excludes halogenated alkanes) is 12. The number of hydrogen-bond donors (Lipinski definition) is 2. The molecule has 3 unspecified atom stereocenters. The Balaban J connectivity index is 1.40. The molecule has 3 atom stereocenters. The Morgan fingerprint density at radius 2 is 0.955 bits per heavy atom. The van der Waals surface area contributed by atoms with Crippen LogP contribution in [0.3, 0.4) is 0 Å². The van der Waals surface area contributed by atoms with Crippen LogP contribution in [0.2, 0.25) is 0 Å². The maximum atomic E-state index is 14.3. The Labute approximate surface area is 395 Å². The topological polar surface area (TPSA) is 128 Å². The van der Waals surface area contributed by atoms with Crippen molar-refractivity contribution >= 4 is 29.5 Å². The zero-order valence-electron chi connectivity index (χ0n) is 39.6. The van der Waals surface area contributed by atoms with E-state index in [1.54, 1.807) is 0 Å². The number of nitrogens with one attached hydrogen (secondary N) is 2. The minimum Gasteiger partial charge on any atom is -0.461 e. The second-order valence-electron chi connectivity index (χ2n) is 17.8. The molecule has 2 amide bonds. The molecule has 0 saturated carbocycles. The molecule has 9 heteroatoms. The summed E-state index contributed by atoms with van der Waals surface area (Å²) in [4.78, 5) is 68.4. The third-order valence-electron chi connectivity index (χ3n) is 12.1. The first-order chi connectivity index (χ1) is 32.3. The molecule has 4 aromatic rings. The number of esters is 2. The maximum Gasteiger partial charge on any atom is 0.328 e. The SMILES string of the molecule is CCCCCCCCCCCCCCCC(=O)NC(CC(=O)CC(CCCc1ccccc1)Cc1ccccc1)C(=O)NC(CCC(=O)OCc1ccccc1)C(=O)OCc1ccccc1. The molecule has 0 radical (unpaired) electrons. The van der Waals surface area contributed by atoms with E-state index in [0.717, 1.165) is 55.2 Å². The van der Waals surface area contributed by atoms with Gasteiger partial charge in [0, 0.05) is 25.7 Å². The highest BCUT2D eigenvalue weighted by atomic mass is 16.5. The lowest BCUT2D eigenvalue weighted by Crippen LogP contribution is -2.52. The van der Waals surface area contributed by atoms with Gasteiger partial charge in [0.25, 0.3) is 0 Å². The van der Waals surface area contributed by atoms with Crippen molar-refractivity contribution < 1.29 is 33.4 Å². The number of rotatable bonds is 35. The molecular formula is C57H76N2O7. The van der Waals surface area contributed by atoms with Crippen molar-refractivity contribution in [1.82, 2.24) is 10.6 Å². The van der Waals surface area contributed by atoms with Crippen molar-refractivity contribution in [1.29, 1.82) is 0 Å². The second-order valence-corrected chi connectivity index (χ2v) is 17.8. The number of aryl methyl sites for hydroxylation is 1. The Kier molecular flexibility index (Phi) is 26.5. The lowest BCUT2D eigenvalue weighted by Gasteiger charge is -2.23. The normalized spacial score (nSPS) is 12.4. The minimum absolute atomic E-state index is 0.0245. The molecule has 0 aliphatic heterocycles. The number of Topliss-reactive ketones (excluding diaryl/α,β-unsaturated/α-hetero) is 1. The van der Waals surface area contributed by atoms with Gasteiger partial charge in [-0.2, -0.15) is 0 Å². The number of ketones is 1. The highest BCUT2D eigenvalue weighted by Gasteiger charge is 2.30. The quantitative estimate of drug-likeness (QED) is 0.0348. The molecule has 0 fully saturated rings. The van der Waals surface area contributed by atoms with Gasteiger partial charge < -0.3 is 20.1 Å². The largest absolute Gasteiger partial charge is 0.461 e. The van der Waals surface area contributed by atoms with Gasteiger partial charge in [-0.05, 0) is 66.7 Å². The van der Waals surface area contributed by atoms with Crippen LogP contribution >= 0.6 is 0 Å². The van der Waals surface area contributed by atoms with Crippen LogP contribution in [0.1, 0.15) is 158 Å². The standard InChI is InChI=1S/C57H76N2O7/c1-2-3-4-5-6-7-8-9-10-11-12-13-26-38-54(61)58-53(43-51(60)42-50(41-47-30-20-15-21-31-47)37-27-36-46-28-18-14-19-29-46)56(63)59-52(57(64)66-45-49-34-24-17-25-35-49)39-40-55(62)65-44-48-32-22-16-23-33-48/h14-25,28-35,50,52-53H,2-13,26-27,36-45H2,1H3,(H,58,61)(H,59,63). The predicted molar refractivity (Wildman–Crippen MR) is 263 cm³/mol. The molecule has 9 nitrogen and oxygen atoms in total. The van der Waals surface area contributed by atoms with Crippen molar-refractivity contribution in [2.24, 2.45) is 5.92 Å². The van der Waals surface area contributed by atoms with Crippen LogP contribution in [0.5, 0.6) is 0 Å². The fourth-order valence-electron chi connectivity index (χ4n) is 8.30. The van der Waals surface area contributed by atoms with E-state index >= 15 is 0 Å². The molecule has 0 aromatic heterocycles. The fraction of sp³-hybridized carbons (Fsp3) is 0.491. The zero-order valence-corrected chi connectivity index (χ0v) is 39.6. The average Bonchev–Trinajstić information content (AvgIpc) is 3.33. The van der Waals surface area contributed by atoms with Crippen LogP contribution < -0.4 is 10.6 Å². The Morgan fingerprint density at radius 3 is 1.50 bits per heavy atom. The molecule has 66 heavy (non-hydrogen) atoms. The molecule has 2 N–H and O–H groups in total. The molecule has 0 heterocycles. The Morgan fingerprint density at radius 1 is 0.470 bits per heavy atom. The summed E-state index contributed by atoms with van der Waals surface area (Å²) in [7, 11) is 0. The van der Waals surface area contributed by atoms with Gasteiger partial charge in [-0.15, -0.1) is 0 Å². The summed E-state index contributed by atoms with van der Waals surface area (Å²) in [5.41, 5.74) is 3.96. The fourth-order valence-corrected chi connectivity index (χ4v) is 8.30. The lowest BCUT2D eigenvalue weighted by molar-refractivity contribution is -0.150. The van der Waals surface area contributed by atoms with E-state index in [0.29, 0.717) is 12.8 Å². The Hall–Kier alpha value is -5.57. The van der Waals surface area contributed by atoms with Gasteiger partial charge in [-0.3, -0.25) is 19.2 Å². The van der Waals surface area contributed by atoms with Gasteiger partial charge in [0.2, 0.25) is 11.8 Å². The van der Waals surface area contributed by atoms with E-state index in [1.807, 2.05) is 97.1 Å². The number of carbonyl (C=O) groups excluding carboxylic acids is 5. The first-order valence-corrected chi connectivity index (χ1v) is 24.9. The molecule has 0 aliphatic carbocycles. The smallest absolute Gasteiger partial charge is 0.328 e. The second kappa shape index (κ2) is 33.0. The van der Waals surface area contributed by atoms with Crippen LogP contribution in [0.15, 0.2) is 121 Å². The van der Waals surface area contributed by atoms with E-state index in [1.165, 1.54) is 63.4 Å². The highest BCUT2D eigenvalue weighted by molar-refractivity contribution is 5.94.